The van der Waals surface area contributed by atoms with Gasteiger partial charge in [-0.3, -0.25) is 4.79 Å². The van der Waals surface area contributed by atoms with Gasteiger partial charge in [-0.2, -0.15) is 4.98 Å². The van der Waals surface area contributed by atoms with Crippen LogP contribution in [-0.2, 0) is 4.79 Å². The highest BCUT2D eigenvalue weighted by Crippen LogP contribution is 2.24. The van der Waals surface area contributed by atoms with Gasteiger partial charge in [0.15, 0.2) is 6.61 Å². The van der Waals surface area contributed by atoms with E-state index >= 15 is 0 Å². The van der Waals surface area contributed by atoms with Crippen LogP contribution in [0.4, 0.5) is 0 Å². The van der Waals surface area contributed by atoms with Crippen molar-refractivity contribution in [1.82, 2.24) is 15.3 Å². The monoisotopic (exact) mass is 313 g/mol. The van der Waals surface area contributed by atoms with Crippen molar-refractivity contribution in [3.63, 3.8) is 0 Å². The topological polar surface area (TPSA) is 64.1 Å². The second-order valence-corrected chi connectivity index (χ2v) is 6.32. The summed E-state index contributed by atoms with van der Waals surface area (Å²) in [6, 6.07) is 7.93. The summed E-state index contributed by atoms with van der Waals surface area (Å²) in [5, 5.41) is 3.92. The van der Waals surface area contributed by atoms with Gasteiger partial charge in [-0.25, -0.2) is 4.98 Å². The minimum atomic E-state index is -0.0795. The van der Waals surface area contributed by atoms with Crippen molar-refractivity contribution in [1.29, 1.82) is 0 Å². The van der Waals surface area contributed by atoms with E-state index in [2.05, 4.69) is 22.2 Å². The van der Waals surface area contributed by atoms with E-state index < -0.39 is 0 Å². The lowest BCUT2D eigenvalue weighted by Crippen LogP contribution is -2.43. The molecule has 2 aromatic rings. The molecule has 0 radical (unpaired) electrons. The molecule has 0 spiro atoms. The zero-order chi connectivity index (χ0) is 16.2. The van der Waals surface area contributed by atoms with Gasteiger partial charge in [0.1, 0.15) is 5.82 Å². The third-order valence-corrected chi connectivity index (χ3v) is 4.48. The SMILES string of the molecule is Cc1nc(OCC(=O)N[C@H]2CCCC[C@@H]2C)c2ccccc2n1. The first-order valence-electron chi connectivity index (χ1n) is 8.29. The number of aryl methyl sites for hydroxylation is 1. The Balaban J connectivity index is 1.65. The lowest BCUT2D eigenvalue weighted by molar-refractivity contribution is -0.124. The van der Waals surface area contributed by atoms with E-state index in [1.165, 1.54) is 19.3 Å². The maximum atomic E-state index is 12.2. The molecule has 1 heterocycles. The van der Waals surface area contributed by atoms with Gasteiger partial charge in [0.05, 0.1) is 10.9 Å². The number of fused-ring (bicyclic) bond motifs is 1. The van der Waals surface area contributed by atoms with Gasteiger partial charge >= 0.3 is 0 Å². The van der Waals surface area contributed by atoms with E-state index in [0.29, 0.717) is 17.6 Å². The van der Waals surface area contributed by atoms with Crippen molar-refractivity contribution in [3.8, 4) is 5.88 Å². The fraction of sp³-hybridized carbons (Fsp3) is 0.500. The van der Waals surface area contributed by atoms with Crippen molar-refractivity contribution in [3.05, 3.63) is 30.1 Å². The lowest BCUT2D eigenvalue weighted by Gasteiger charge is -2.29. The lowest BCUT2D eigenvalue weighted by atomic mass is 9.86. The normalized spacial score (nSPS) is 21.1. The van der Waals surface area contributed by atoms with Crippen molar-refractivity contribution < 1.29 is 9.53 Å². The molecular weight excluding hydrogens is 290 g/mol. The number of carbonyl (C=O) groups excluding carboxylic acids is 1. The molecule has 1 amide bonds. The van der Waals surface area contributed by atoms with Crippen LogP contribution in [0.1, 0.15) is 38.4 Å². The zero-order valence-electron chi connectivity index (χ0n) is 13.7. The molecule has 1 fully saturated rings. The number of nitrogens with one attached hydrogen (secondary N) is 1. The van der Waals surface area contributed by atoms with Crippen molar-refractivity contribution >= 4 is 16.8 Å². The second-order valence-electron chi connectivity index (χ2n) is 6.32. The van der Waals surface area contributed by atoms with Gasteiger partial charge in [-0.15, -0.1) is 0 Å². The molecule has 0 unspecified atom stereocenters. The number of para-hydroxylation sites is 1. The van der Waals surface area contributed by atoms with Gasteiger partial charge in [-0.05, 0) is 37.8 Å². The van der Waals surface area contributed by atoms with Gasteiger partial charge in [0, 0.05) is 6.04 Å². The molecule has 5 heteroatoms. The first kappa shape index (κ1) is 15.7. The van der Waals surface area contributed by atoms with Crippen molar-refractivity contribution in [2.45, 2.75) is 45.6 Å². The predicted octanol–water partition coefficient (Wildman–Crippen LogP) is 3.01. The molecule has 1 N–H and O–H groups in total. The molecule has 23 heavy (non-hydrogen) atoms. The van der Waals surface area contributed by atoms with Crippen molar-refractivity contribution in [2.24, 2.45) is 5.92 Å². The minimum absolute atomic E-state index is 0.0103. The number of aromatic nitrogens is 2. The summed E-state index contributed by atoms with van der Waals surface area (Å²) in [4.78, 5) is 20.9. The van der Waals surface area contributed by atoms with E-state index in [0.717, 1.165) is 17.3 Å². The fourth-order valence-corrected chi connectivity index (χ4v) is 3.18. The molecule has 5 nitrogen and oxygen atoms in total. The summed E-state index contributed by atoms with van der Waals surface area (Å²) in [7, 11) is 0. The molecule has 122 valence electrons. The maximum absolute atomic E-state index is 12.2. The molecule has 1 aromatic carbocycles. The van der Waals surface area contributed by atoms with Gasteiger partial charge in [0.2, 0.25) is 5.88 Å². The third kappa shape index (κ3) is 3.78. The molecular formula is C18H23N3O2. The molecule has 1 aliphatic rings. The molecule has 3 rings (SSSR count). The summed E-state index contributed by atoms with van der Waals surface area (Å²) < 4.78 is 5.68. The average Bonchev–Trinajstić information content (AvgIpc) is 2.54. The standard InChI is InChI=1S/C18H23N3O2/c1-12-7-3-5-9-15(12)21-17(22)11-23-18-14-8-4-6-10-16(14)19-13(2)20-18/h4,6,8,10,12,15H,3,5,7,9,11H2,1-2H3,(H,21,22)/t12-,15-/m0/s1. The Morgan fingerprint density at radius 1 is 1.26 bits per heavy atom. The molecule has 0 bridgehead atoms. The Labute approximate surface area is 136 Å². The first-order valence-corrected chi connectivity index (χ1v) is 8.29. The molecule has 1 aromatic heterocycles. The summed E-state index contributed by atoms with van der Waals surface area (Å²) in [5.41, 5.74) is 0.830. The van der Waals surface area contributed by atoms with Crippen LogP contribution >= 0.6 is 0 Å². The van der Waals surface area contributed by atoms with Crippen LogP contribution in [0, 0.1) is 12.8 Å². The number of nitrogens with zero attached hydrogens (tertiary/aromatic N) is 2. The van der Waals surface area contributed by atoms with Crippen LogP contribution in [0.25, 0.3) is 10.9 Å². The van der Waals surface area contributed by atoms with Crippen molar-refractivity contribution in [2.75, 3.05) is 6.61 Å². The Bertz CT molecular complexity index is 702. The summed E-state index contributed by atoms with van der Waals surface area (Å²) in [6.45, 7) is 4.01. The zero-order valence-corrected chi connectivity index (χ0v) is 13.7. The Kier molecular flexibility index (Phi) is 4.74. The highest BCUT2D eigenvalue weighted by molar-refractivity contribution is 5.84. The van der Waals surface area contributed by atoms with Gasteiger partial charge in [-0.1, -0.05) is 31.9 Å². The quantitative estimate of drug-likeness (QED) is 0.942. The number of carbonyl (C=O) groups is 1. The number of benzene rings is 1. The van der Waals surface area contributed by atoms with E-state index in [1.807, 2.05) is 31.2 Å². The van der Waals surface area contributed by atoms with Crippen LogP contribution < -0.4 is 10.1 Å². The minimum Gasteiger partial charge on any atom is -0.467 e. The summed E-state index contributed by atoms with van der Waals surface area (Å²) in [6.07, 6.45) is 4.69. The third-order valence-electron chi connectivity index (χ3n) is 4.48. The Morgan fingerprint density at radius 3 is 2.87 bits per heavy atom. The van der Waals surface area contributed by atoms with Gasteiger partial charge < -0.3 is 10.1 Å². The molecule has 2 atom stereocenters. The maximum Gasteiger partial charge on any atom is 0.258 e. The van der Waals surface area contributed by atoms with E-state index in [1.54, 1.807) is 0 Å². The fourth-order valence-electron chi connectivity index (χ4n) is 3.18. The van der Waals surface area contributed by atoms with Crippen LogP contribution in [0.5, 0.6) is 5.88 Å². The highest BCUT2D eigenvalue weighted by Gasteiger charge is 2.23. The summed E-state index contributed by atoms with van der Waals surface area (Å²) in [5.74, 6) is 1.57. The van der Waals surface area contributed by atoms with Crippen LogP contribution in [0.3, 0.4) is 0 Å². The number of amides is 1. The number of ether oxygens (including phenoxy) is 1. The second kappa shape index (κ2) is 6.94. The van der Waals surface area contributed by atoms with Gasteiger partial charge in [0.25, 0.3) is 5.91 Å². The number of hydrogen-bond acceptors (Lipinski definition) is 4. The average molecular weight is 313 g/mol. The predicted molar refractivity (Wildman–Crippen MR) is 89.3 cm³/mol. The largest absolute Gasteiger partial charge is 0.467 e. The van der Waals surface area contributed by atoms with E-state index in [-0.39, 0.29) is 18.6 Å². The number of rotatable bonds is 4. The van der Waals surface area contributed by atoms with Crippen LogP contribution in [0.15, 0.2) is 24.3 Å². The molecule has 0 aliphatic heterocycles. The molecule has 1 saturated carbocycles. The number of hydrogen-bond donors (Lipinski definition) is 1. The van der Waals surface area contributed by atoms with Crippen LogP contribution in [0.2, 0.25) is 0 Å². The smallest absolute Gasteiger partial charge is 0.258 e. The van der Waals surface area contributed by atoms with Crippen LogP contribution in [-0.4, -0.2) is 28.5 Å². The first-order chi connectivity index (χ1) is 11.1. The molecule has 0 saturated heterocycles. The van der Waals surface area contributed by atoms with E-state index in [9.17, 15) is 4.79 Å². The van der Waals surface area contributed by atoms with E-state index in [4.69, 9.17) is 4.74 Å². The molecule has 1 aliphatic carbocycles. The Hall–Kier alpha value is -2.17. The highest BCUT2D eigenvalue weighted by atomic mass is 16.5. The summed E-state index contributed by atoms with van der Waals surface area (Å²) >= 11 is 0. The Morgan fingerprint density at radius 2 is 2.04 bits per heavy atom.